The molecule has 10 nitrogen and oxygen atoms in total. The van der Waals surface area contributed by atoms with Crippen LogP contribution >= 0.6 is 0 Å². The van der Waals surface area contributed by atoms with Crippen molar-refractivity contribution in [1.82, 2.24) is 9.97 Å². The number of morpholine rings is 1. The largest absolute Gasteiger partial charge is 0.434 e. The third-order valence-electron chi connectivity index (χ3n) is 6.74. The van der Waals surface area contributed by atoms with Crippen molar-refractivity contribution in [3.63, 3.8) is 0 Å². The number of alkyl halides is 3. The van der Waals surface area contributed by atoms with Crippen LogP contribution in [-0.4, -0.2) is 67.3 Å². The van der Waals surface area contributed by atoms with Gasteiger partial charge >= 0.3 is 6.18 Å². The van der Waals surface area contributed by atoms with Crippen LogP contribution in [0.5, 0.6) is 0 Å². The van der Waals surface area contributed by atoms with Crippen LogP contribution in [0.2, 0.25) is 0 Å². The van der Waals surface area contributed by atoms with Gasteiger partial charge in [-0.2, -0.15) is 13.2 Å². The average molecular weight is 589 g/mol. The van der Waals surface area contributed by atoms with E-state index in [1.54, 1.807) is 6.07 Å². The van der Waals surface area contributed by atoms with Crippen molar-refractivity contribution < 1.29 is 36.6 Å². The van der Waals surface area contributed by atoms with Gasteiger partial charge in [0.25, 0.3) is 11.8 Å². The molecule has 2 aliphatic rings. The van der Waals surface area contributed by atoms with Crippen LogP contribution in [0.3, 0.4) is 0 Å². The number of nitrogens with one attached hydrogen (secondary N) is 3. The summed E-state index contributed by atoms with van der Waals surface area (Å²) in [5, 5.41) is 7.91. The zero-order valence-electron chi connectivity index (χ0n) is 22.3. The van der Waals surface area contributed by atoms with Crippen LogP contribution in [0, 0.1) is 5.82 Å². The van der Waals surface area contributed by atoms with Crippen LogP contribution in [0.4, 0.5) is 40.4 Å². The predicted octanol–water partition coefficient (Wildman–Crippen LogP) is 4.57. The number of benzene rings is 1. The molecule has 3 aromatic rings. The standard InChI is InChI=1S/C28H28F4N6O4/c29-18-10-17(11-21(12-18)38-5-8-41-9-6-38)26(39)37-20-13-23(25(35-15-20)28(30,31)32)27(40)36-19-3-4-24(33-14-19)34-16-22-2-1-7-42-22/h3-4,10-15,22H,1-2,5-9,16H2,(H,33,34)(H,36,40)(H,37,39). The number of carbonyl (C=O) groups excluding carboxylic acids is 2. The lowest BCUT2D eigenvalue weighted by Crippen LogP contribution is -2.36. The zero-order valence-corrected chi connectivity index (χ0v) is 22.3. The lowest BCUT2D eigenvalue weighted by atomic mass is 10.1. The van der Waals surface area contributed by atoms with E-state index in [4.69, 9.17) is 9.47 Å². The highest BCUT2D eigenvalue weighted by Gasteiger charge is 2.37. The quantitative estimate of drug-likeness (QED) is 0.328. The number of ether oxygens (including phenoxy) is 2. The molecule has 222 valence electrons. The molecule has 0 spiro atoms. The number of aromatic nitrogens is 2. The first-order chi connectivity index (χ1) is 20.2. The number of halogens is 4. The fourth-order valence-corrected chi connectivity index (χ4v) is 4.64. The number of carbonyl (C=O) groups is 2. The maximum atomic E-state index is 14.3. The summed E-state index contributed by atoms with van der Waals surface area (Å²) < 4.78 is 66.3. The van der Waals surface area contributed by atoms with E-state index in [1.165, 1.54) is 24.4 Å². The summed E-state index contributed by atoms with van der Waals surface area (Å²) >= 11 is 0. The van der Waals surface area contributed by atoms with E-state index in [2.05, 4.69) is 25.9 Å². The van der Waals surface area contributed by atoms with Gasteiger partial charge in [0.15, 0.2) is 5.69 Å². The van der Waals surface area contributed by atoms with Crippen molar-refractivity contribution in [1.29, 1.82) is 0 Å². The monoisotopic (exact) mass is 588 g/mol. The van der Waals surface area contributed by atoms with Crippen LogP contribution < -0.4 is 20.9 Å². The van der Waals surface area contributed by atoms with Crippen molar-refractivity contribution in [3.8, 4) is 0 Å². The summed E-state index contributed by atoms with van der Waals surface area (Å²) in [5.41, 5.74) is -1.85. The number of rotatable bonds is 8. The molecule has 42 heavy (non-hydrogen) atoms. The van der Waals surface area contributed by atoms with Gasteiger partial charge in [-0.3, -0.25) is 9.59 Å². The van der Waals surface area contributed by atoms with Crippen molar-refractivity contribution in [2.24, 2.45) is 0 Å². The molecule has 2 saturated heterocycles. The van der Waals surface area contributed by atoms with E-state index < -0.39 is 35.1 Å². The third kappa shape index (κ3) is 7.31. The number of amides is 2. The van der Waals surface area contributed by atoms with Gasteiger partial charge in [-0.1, -0.05) is 0 Å². The second kappa shape index (κ2) is 12.7. The Morgan fingerprint density at radius 1 is 0.952 bits per heavy atom. The molecule has 0 saturated carbocycles. The first-order valence-electron chi connectivity index (χ1n) is 13.3. The summed E-state index contributed by atoms with van der Waals surface area (Å²) in [6, 6.07) is 7.71. The van der Waals surface area contributed by atoms with E-state index >= 15 is 0 Å². The van der Waals surface area contributed by atoms with E-state index in [0.717, 1.165) is 31.2 Å². The first kappa shape index (κ1) is 29.2. The second-order valence-electron chi connectivity index (χ2n) is 9.77. The molecule has 1 atom stereocenters. The van der Waals surface area contributed by atoms with Gasteiger partial charge in [0.05, 0.1) is 48.6 Å². The number of anilines is 4. The van der Waals surface area contributed by atoms with Crippen LogP contribution in [0.25, 0.3) is 0 Å². The van der Waals surface area contributed by atoms with Gasteiger partial charge in [0, 0.05) is 37.5 Å². The Morgan fingerprint density at radius 3 is 2.40 bits per heavy atom. The van der Waals surface area contributed by atoms with Crippen LogP contribution in [-0.2, 0) is 15.7 Å². The van der Waals surface area contributed by atoms with Gasteiger partial charge in [-0.25, -0.2) is 14.4 Å². The Bertz CT molecular complexity index is 1420. The average Bonchev–Trinajstić information content (AvgIpc) is 3.50. The van der Waals surface area contributed by atoms with Crippen molar-refractivity contribution in [3.05, 3.63) is 71.4 Å². The number of hydrogen-bond donors (Lipinski definition) is 3. The van der Waals surface area contributed by atoms with Gasteiger partial charge in [0.1, 0.15) is 11.6 Å². The Balaban J connectivity index is 1.30. The summed E-state index contributed by atoms with van der Waals surface area (Å²) in [6.45, 7) is 3.19. The maximum absolute atomic E-state index is 14.3. The highest BCUT2D eigenvalue weighted by molar-refractivity contribution is 6.08. The van der Waals surface area contributed by atoms with Gasteiger partial charge < -0.3 is 30.3 Å². The molecule has 2 fully saturated rings. The number of nitrogens with zero attached hydrogens (tertiary/aromatic N) is 3. The molecule has 0 bridgehead atoms. The highest BCUT2D eigenvalue weighted by Crippen LogP contribution is 2.32. The highest BCUT2D eigenvalue weighted by atomic mass is 19.4. The number of pyridine rings is 2. The topological polar surface area (TPSA) is 118 Å². The number of hydrogen-bond acceptors (Lipinski definition) is 8. The zero-order chi connectivity index (χ0) is 29.7. The lowest BCUT2D eigenvalue weighted by molar-refractivity contribution is -0.141. The predicted molar refractivity (Wildman–Crippen MR) is 146 cm³/mol. The molecule has 0 radical (unpaired) electrons. The van der Waals surface area contributed by atoms with Crippen LogP contribution in [0.15, 0.2) is 48.8 Å². The fraction of sp³-hybridized carbons (Fsp3) is 0.357. The molecular weight excluding hydrogens is 560 g/mol. The molecule has 5 rings (SSSR count). The first-order valence-corrected chi connectivity index (χ1v) is 13.3. The van der Waals surface area contributed by atoms with E-state index in [0.29, 0.717) is 51.0 Å². The molecule has 14 heteroatoms. The van der Waals surface area contributed by atoms with Crippen molar-refractivity contribution in [2.75, 3.05) is 60.3 Å². The Hall–Kier alpha value is -4.30. The van der Waals surface area contributed by atoms with Gasteiger partial charge in [-0.15, -0.1) is 0 Å². The Kier molecular flexibility index (Phi) is 8.83. The molecule has 2 amide bonds. The lowest BCUT2D eigenvalue weighted by Gasteiger charge is -2.29. The molecular formula is C28H28F4N6O4. The molecule has 2 aromatic heterocycles. The van der Waals surface area contributed by atoms with Gasteiger partial charge in [0.2, 0.25) is 0 Å². The third-order valence-corrected chi connectivity index (χ3v) is 6.74. The fourth-order valence-electron chi connectivity index (χ4n) is 4.64. The molecule has 3 N–H and O–H groups in total. The summed E-state index contributed by atoms with van der Waals surface area (Å²) in [5.74, 6) is -2.03. The molecule has 1 unspecified atom stereocenters. The smallest absolute Gasteiger partial charge is 0.378 e. The summed E-state index contributed by atoms with van der Waals surface area (Å²) in [7, 11) is 0. The normalized spacial score (nSPS) is 17.1. The minimum Gasteiger partial charge on any atom is -0.378 e. The van der Waals surface area contributed by atoms with Gasteiger partial charge in [-0.05, 0) is 49.2 Å². The SMILES string of the molecule is O=C(Nc1cnc(C(F)(F)F)c(C(=O)Nc2ccc(NCC3CCCO3)nc2)c1)c1cc(F)cc(N2CCOCC2)c1. The van der Waals surface area contributed by atoms with Crippen LogP contribution in [0.1, 0.15) is 39.3 Å². The molecule has 2 aliphatic heterocycles. The summed E-state index contributed by atoms with van der Waals surface area (Å²) in [4.78, 5) is 35.3. The summed E-state index contributed by atoms with van der Waals surface area (Å²) in [6.07, 6.45) is -0.841. The molecule has 1 aromatic carbocycles. The van der Waals surface area contributed by atoms with Crippen molar-refractivity contribution >= 4 is 34.7 Å². The maximum Gasteiger partial charge on any atom is 0.434 e. The Labute approximate surface area is 238 Å². The van der Waals surface area contributed by atoms with E-state index in [-0.39, 0.29) is 23.0 Å². The van der Waals surface area contributed by atoms with Crippen molar-refractivity contribution in [2.45, 2.75) is 25.1 Å². The Morgan fingerprint density at radius 2 is 1.71 bits per heavy atom. The molecule has 0 aliphatic carbocycles. The minimum absolute atomic E-state index is 0.0540. The van der Waals surface area contributed by atoms with E-state index in [1.807, 2.05) is 4.90 Å². The second-order valence-corrected chi connectivity index (χ2v) is 9.77. The van der Waals surface area contributed by atoms with E-state index in [9.17, 15) is 27.2 Å². The minimum atomic E-state index is -4.95. The molecule has 4 heterocycles.